The highest BCUT2D eigenvalue weighted by atomic mass is 32.2. The summed E-state index contributed by atoms with van der Waals surface area (Å²) in [5.74, 6) is 2.20. The Kier molecular flexibility index (Phi) is 6.17. The number of halogens is 1. The summed E-state index contributed by atoms with van der Waals surface area (Å²) in [6.45, 7) is 7.11. The first-order valence-electron chi connectivity index (χ1n) is 7.58. The zero-order valence-corrected chi connectivity index (χ0v) is 13.3. The van der Waals surface area contributed by atoms with Gasteiger partial charge in [0, 0.05) is 24.9 Å². The SMILES string of the molecule is CCCNC(C)c1ccc(N2CCCSCC2)c(F)c1. The van der Waals surface area contributed by atoms with Crippen molar-refractivity contribution in [3.8, 4) is 0 Å². The molecule has 0 aliphatic carbocycles. The molecule has 1 aromatic carbocycles. The average molecular weight is 296 g/mol. The van der Waals surface area contributed by atoms with E-state index in [1.807, 2.05) is 17.8 Å². The van der Waals surface area contributed by atoms with Gasteiger partial charge in [-0.1, -0.05) is 13.0 Å². The normalized spacial score (nSPS) is 17.9. The second-order valence-corrected chi connectivity index (χ2v) is 6.56. The van der Waals surface area contributed by atoms with Gasteiger partial charge in [0.25, 0.3) is 0 Å². The third-order valence-electron chi connectivity index (χ3n) is 3.74. The summed E-state index contributed by atoms with van der Waals surface area (Å²) in [5.41, 5.74) is 1.79. The van der Waals surface area contributed by atoms with E-state index in [1.165, 1.54) is 5.75 Å². The third kappa shape index (κ3) is 4.13. The van der Waals surface area contributed by atoms with Crippen LogP contribution in [0, 0.1) is 5.82 Å². The van der Waals surface area contributed by atoms with E-state index in [0.717, 1.165) is 49.5 Å². The molecular weight excluding hydrogens is 271 g/mol. The summed E-state index contributed by atoms with van der Waals surface area (Å²) >= 11 is 1.96. The highest BCUT2D eigenvalue weighted by Crippen LogP contribution is 2.25. The van der Waals surface area contributed by atoms with Gasteiger partial charge in [-0.25, -0.2) is 4.39 Å². The third-order valence-corrected chi connectivity index (χ3v) is 4.78. The molecule has 0 amide bonds. The summed E-state index contributed by atoms with van der Waals surface area (Å²) in [4.78, 5) is 2.18. The van der Waals surface area contributed by atoms with Crippen LogP contribution in [0.15, 0.2) is 18.2 Å². The van der Waals surface area contributed by atoms with E-state index in [-0.39, 0.29) is 11.9 Å². The lowest BCUT2D eigenvalue weighted by Crippen LogP contribution is -2.26. The highest BCUT2D eigenvalue weighted by molar-refractivity contribution is 7.99. The Morgan fingerprint density at radius 3 is 2.95 bits per heavy atom. The van der Waals surface area contributed by atoms with Crippen molar-refractivity contribution >= 4 is 17.4 Å². The lowest BCUT2D eigenvalue weighted by molar-refractivity contribution is 0.561. The topological polar surface area (TPSA) is 15.3 Å². The minimum absolute atomic E-state index is 0.0838. The molecule has 1 aromatic rings. The Labute approximate surface area is 126 Å². The molecule has 0 bridgehead atoms. The van der Waals surface area contributed by atoms with Gasteiger partial charge in [0.2, 0.25) is 0 Å². The predicted molar refractivity (Wildman–Crippen MR) is 87.3 cm³/mol. The van der Waals surface area contributed by atoms with E-state index in [2.05, 4.69) is 30.1 Å². The van der Waals surface area contributed by atoms with Crippen LogP contribution >= 0.6 is 11.8 Å². The van der Waals surface area contributed by atoms with Crippen LogP contribution in [0.4, 0.5) is 10.1 Å². The van der Waals surface area contributed by atoms with Gasteiger partial charge in [0.1, 0.15) is 5.82 Å². The Morgan fingerprint density at radius 1 is 1.35 bits per heavy atom. The molecule has 1 aliphatic rings. The molecule has 2 rings (SSSR count). The maximum Gasteiger partial charge on any atom is 0.146 e. The van der Waals surface area contributed by atoms with Crippen molar-refractivity contribution in [3.63, 3.8) is 0 Å². The molecule has 1 N–H and O–H groups in total. The molecule has 1 aliphatic heterocycles. The molecule has 1 heterocycles. The second kappa shape index (κ2) is 7.89. The molecular formula is C16H25FN2S. The average Bonchev–Trinajstić information content (AvgIpc) is 2.73. The standard InChI is InChI=1S/C16H25FN2S/c1-3-7-18-13(2)14-5-6-16(15(17)12-14)19-8-4-10-20-11-9-19/h5-6,12-13,18H,3-4,7-11H2,1-2H3. The van der Waals surface area contributed by atoms with Gasteiger partial charge in [0.05, 0.1) is 5.69 Å². The molecule has 112 valence electrons. The van der Waals surface area contributed by atoms with E-state index in [0.29, 0.717) is 0 Å². The number of anilines is 1. The molecule has 1 unspecified atom stereocenters. The molecule has 0 radical (unpaired) electrons. The fraction of sp³-hybridized carbons (Fsp3) is 0.625. The van der Waals surface area contributed by atoms with Crippen molar-refractivity contribution in [2.75, 3.05) is 36.0 Å². The molecule has 0 saturated carbocycles. The monoisotopic (exact) mass is 296 g/mol. The number of thioether (sulfide) groups is 1. The number of benzene rings is 1. The first kappa shape index (κ1) is 15.6. The van der Waals surface area contributed by atoms with E-state index < -0.39 is 0 Å². The lowest BCUT2D eigenvalue weighted by atomic mass is 10.1. The van der Waals surface area contributed by atoms with Crippen LogP contribution < -0.4 is 10.2 Å². The van der Waals surface area contributed by atoms with E-state index in [9.17, 15) is 4.39 Å². The Bertz CT molecular complexity index is 417. The molecule has 1 saturated heterocycles. The fourth-order valence-electron chi connectivity index (χ4n) is 2.51. The number of hydrogen-bond acceptors (Lipinski definition) is 3. The highest BCUT2D eigenvalue weighted by Gasteiger charge is 2.15. The van der Waals surface area contributed by atoms with Crippen molar-refractivity contribution in [1.82, 2.24) is 5.32 Å². The van der Waals surface area contributed by atoms with Gasteiger partial charge in [-0.15, -0.1) is 0 Å². The molecule has 4 heteroatoms. The Morgan fingerprint density at radius 2 is 2.20 bits per heavy atom. The Hall–Kier alpha value is -0.740. The molecule has 0 aromatic heterocycles. The number of nitrogens with one attached hydrogen (secondary N) is 1. The van der Waals surface area contributed by atoms with Crippen LogP contribution in [0.1, 0.15) is 38.3 Å². The van der Waals surface area contributed by atoms with Crippen molar-refractivity contribution in [2.24, 2.45) is 0 Å². The van der Waals surface area contributed by atoms with E-state index >= 15 is 0 Å². The second-order valence-electron chi connectivity index (χ2n) is 5.34. The van der Waals surface area contributed by atoms with Gasteiger partial charge in [-0.3, -0.25) is 0 Å². The smallest absolute Gasteiger partial charge is 0.146 e. The number of nitrogens with zero attached hydrogens (tertiary/aromatic N) is 1. The quantitative estimate of drug-likeness (QED) is 0.889. The molecule has 2 nitrogen and oxygen atoms in total. The Balaban J connectivity index is 2.08. The van der Waals surface area contributed by atoms with Crippen LogP contribution in [-0.4, -0.2) is 31.1 Å². The maximum atomic E-state index is 14.4. The summed E-state index contributed by atoms with van der Waals surface area (Å²) in [6.07, 6.45) is 2.23. The van der Waals surface area contributed by atoms with Crippen molar-refractivity contribution in [1.29, 1.82) is 0 Å². The zero-order valence-electron chi connectivity index (χ0n) is 12.5. The number of rotatable bonds is 5. The van der Waals surface area contributed by atoms with Crippen LogP contribution in [0.3, 0.4) is 0 Å². The van der Waals surface area contributed by atoms with Crippen LogP contribution in [-0.2, 0) is 0 Å². The summed E-state index contributed by atoms with van der Waals surface area (Å²) in [7, 11) is 0. The lowest BCUT2D eigenvalue weighted by Gasteiger charge is -2.24. The van der Waals surface area contributed by atoms with E-state index in [1.54, 1.807) is 6.07 Å². The van der Waals surface area contributed by atoms with Gasteiger partial charge in [-0.2, -0.15) is 11.8 Å². The molecule has 1 fully saturated rings. The number of hydrogen-bond donors (Lipinski definition) is 1. The summed E-state index contributed by atoms with van der Waals surface area (Å²) < 4.78 is 14.4. The predicted octanol–water partition coefficient (Wildman–Crippen LogP) is 3.83. The minimum atomic E-state index is -0.0838. The van der Waals surface area contributed by atoms with E-state index in [4.69, 9.17) is 0 Å². The van der Waals surface area contributed by atoms with Crippen LogP contribution in [0.2, 0.25) is 0 Å². The van der Waals surface area contributed by atoms with Crippen LogP contribution in [0.25, 0.3) is 0 Å². The summed E-state index contributed by atoms with van der Waals surface area (Å²) in [5, 5.41) is 3.40. The van der Waals surface area contributed by atoms with Gasteiger partial charge < -0.3 is 10.2 Å². The maximum absolute atomic E-state index is 14.4. The van der Waals surface area contributed by atoms with Crippen molar-refractivity contribution < 1.29 is 4.39 Å². The molecule has 0 spiro atoms. The van der Waals surface area contributed by atoms with Crippen molar-refractivity contribution in [2.45, 2.75) is 32.7 Å². The van der Waals surface area contributed by atoms with Crippen LogP contribution in [0.5, 0.6) is 0 Å². The minimum Gasteiger partial charge on any atom is -0.368 e. The largest absolute Gasteiger partial charge is 0.368 e. The van der Waals surface area contributed by atoms with Gasteiger partial charge in [-0.05, 0) is 49.8 Å². The molecule has 1 atom stereocenters. The zero-order chi connectivity index (χ0) is 14.4. The molecule has 20 heavy (non-hydrogen) atoms. The van der Waals surface area contributed by atoms with Gasteiger partial charge in [0.15, 0.2) is 0 Å². The van der Waals surface area contributed by atoms with Gasteiger partial charge >= 0.3 is 0 Å². The van der Waals surface area contributed by atoms with Crippen molar-refractivity contribution in [3.05, 3.63) is 29.6 Å². The fourth-order valence-corrected chi connectivity index (χ4v) is 3.40. The first-order chi connectivity index (χ1) is 9.72. The summed E-state index contributed by atoms with van der Waals surface area (Å²) in [6, 6.07) is 5.91. The first-order valence-corrected chi connectivity index (χ1v) is 8.73.